The third kappa shape index (κ3) is 4.17. The van der Waals surface area contributed by atoms with E-state index in [-0.39, 0.29) is 5.41 Å². The van der Waals surface area contributed by atoms with E-state index in [1.807, 2.05) is 42.5 Å². The van der Waals surface area contributed by atoms with Crippen LogP contribution in [0.25, 0.3) is 22.6 Å². The van der Waals surface area contributed by atoms with E-state index in [1.54, 1.807) is 19.5 Å². The SMILES string of the molecule is COc1ccc(-c2nnc(Nc3ccc(C(C)(C)C)cc3)o2)c(-c2ccncc2)c1. The van der Waals surface area contributed by atoms with E-state index in [0.717, 1.165) is 28.1 Å². The molecular weight excluding hydrogens is 376 g/mol. The first-order valence-corrected chi connectivity index (χ1v) is 9.74. The number of hydrogen-bond donors (Lipinski definition) is 1. The largest absolute Gasteiger partial charge is 0.497 e. The molecule has 6 nitrogen and oxygen atoms in total. The molecule has 0 aliphatic rings. The highest BCUT2D eigenvalue weighted by atomic mass is 16.5. The fourth-order valence-electron chi connectivity index (χ4n) is 3.17. The Hall–Kier alpha value is -3.67. The first-order chi connectivity index (χ1) is 14.4. The van der Waals surface area contributed by atoms with Crippen molar-refractivity contribution >= 4 is 11.7 Å². The Bertz CT molecular complexity index is 1130. The molecule has 1 N–H and O–H groups in total. The molecule has 2 aromatic carbocycles. The molecule has 0 spiro atoms. The van der Waals surface area contributed by atoms with Gasteiger partial charge in [0.2, 0.25) is 5.89 Å². The van der Waals surface area contributed by atoms with Gasteiger partial charge in [-0.2, -0.15) is 0 Å². The minimum Gasteiger partial charge on any atom is -0.497 e. The maximum Gasteiger partial charge on any atom is 0.320 e. The van der Waals surface area contributed by atoms with Crippen LogP contribution in [0.15, 0.2) is 71.4 Å². The summed E-state index contributed by atoms with van der Waals surface area (Å²) in [6.45, 7) is 6.57. The number of nitrogens with one attached hydrogen (secondary N) is 1. The zero-order chi connectivity index (χ0) is 21.1. The lowest BCUT2D eigenvalue weighted by atomic mass is 9.87. The van der Waals surface area contributed by atoms with Crippen molar-refractivity contribution in [2.24, 2.45) is 0 Å². The molecule has 30 heavy (non-hydrogen) atoms. The summed E-state index contributed by atoms with van der Waals surface area (Å²) in [6.07, 6.45) is 3.50. The third-order valence-corrected chi connectivity index (χ3v) is 4.88. The highest BCUT2D eigenvalue weighted by Gasteiger charge is 2.16. The van der Waals surface area contributed by atoms with E-state index in [9.17, 15) is 0 Å². The van der Waals surface area contributed by atoms with Gasteiger partial charge in [0.15, 0.2) is 0 Å². The maximum atomic E-state index is 5.92. The molecule has 4 rings (SSSR count). The Kier molecular flexibility index (Phi) is 5.23. The average molecular weight is 400 g/mol. The quantitative estimate of drug-likeness (QED) is 0.453. The summed E-state index contributed by atoms with van der Waals surface area (Å²) in [4.78, 5) is 4.10. The van der Waals surface area contributed by atoms with Gasteiger partial charge in [-0.1, -0.05) is 38.0 Å². The molecule has 0 amide bonds. The Balaban J connectivity index is 1.63. The number of aromatic nitrogens is 3. The predicted octanol–water partition coefficient (Wildman–Crippen LogP) is 5.85. The van der Waals surface area contributed by atoms with Gasteiger partial charge in [0.25, 0.3) is 0 Å². The molecule has 152 valence electrons. The summed E-state index contributed by atoms with van der Waals surface area (Å²) in [5.74, 6) is 1.18. The molecular formula is C24H24N4O2. The number of benzene rings is 2. The van der Waals surface area contributed by atoms with E-state index >= 15 is 0 Å². The number of nitrogens with zero attached hydrogens (tertiary/aromatic N) is 3. The molecule has 0 saturated carbocycles. The summed E-state index contributed by atoms with van der Waals surface area (Å²) < 4.78 is 11.3. The first-order valence-electron chi connectivity index (χ1n) is 9.74. The van der Waals surface area contributed by atoms with Crippen LogP contribution in [0.4, 0.5) is 11.7 Å². The highest BCUT2D eigenvalue weighted by Crippen LogP contribution is 2.35. The summed E-state index contributed by atoms with van der Waals surface area (Å²) >= 11 is 0. The predicted molar refractivity (Wildman–Crippen MR) is 118 cm³/mol. The molecule has 2 aromatic heterocycles. The lowest BCUT2D eigenvalue weighted by Crippen LogP contribution is -2.10. The van der Waals surface area contributed by atoms with E-state index in [2.05, 4.69) is 53.4 Å². The first kappa shape index (κ1) is 19.6. The lowest BCUT2D eigenvalue weighted by molar-refractivity contribution is 0.415. The number of hydrogen-bond acceptors (Lipinski definition) is 6. The molecule has 4 aromatic rings. The summed E-state index contributed by atoms with van der Waals surface area (Å²) in [6, 6.07) is 18.2. The summed E-state index contributed by atoms with van der Waals surface area (Å²) in [7, 11) is 1.64. The number of anilines is 2. The van der Waals surface area contributed by atoms with E-state index in [0.29, 0.717) is 11.9 Å². The minimum absolute atomic E-state index is 0.105. The zero-order valence-corrected chi connectivity index (χ0v) is 17.5. The third-order valence-electron chi connectivity index (χ3n) is 4.88. The molecule has 0 aliphatic carbocycles. The van der Waals surface area contributed by atoms with Gasteiger partial charge in [-0.25, -0.2) is 0 Å². The maximum absolute atomic E-state index is 5.92. The van der Waals surface area contributed by atoms with Crippen molar-refractivity contribution in [2.75, 3.05) is 12.4 Å². The van der Waals surface area contributed by atoms with Crippen LogP contribution in [-0.4, -0.2) is 22.3 Å². The Morgan fingerprint density at radius 3 is 2.27 bits per heavy atom. The van der Waals surface area contributed by atoms with Gasteiger partial charge >= 0.3 is 6.01 Å². The van der Waals surface area contributed by atoms with Crippen molar-refractivity contribution in [2.45, 2.75) is 26.2 Å². The van der Waals surface area contributed by atoms with Crippen LogP contribution in [0.1, 0.15) is 26.3 Å². The fraction of sp³-hybridized carbons (Fsp3) is 0.208. The topological polar surface area (TPSA) is 73.1 Å². The van der Waals surface area contributed by atoms with Crippen molar-refractivity contribution in [1.82, 2.24) is 15.2 Å². The van der Waals surface area contributed by atoms with Crippen LogP contribution in [0.2, 0.25) is 0 Å². The molecule has 0 bridgehead atoms. The lowest BCUT2D eigenvalue weighted by Gasteiger charge is -2.19. The smallest absolute Gasteiger partial charge is 0.320 e. The van der Waals surface area contributed by atoms with Crippen LogP contribution in [0, 0.1) is 0 Å². The second kappa shape index (κ2) is 7.99. The molecule has 2 heterocycles. The Morgan fingerprint density at radius 1 is 0.867 bits per heavy atom. The Labute approximate surface area is 176 Å². The van der Waals surface area contributed by atoms with Crippen molar-refractivity contribution in [3.63, 3.8) is 0 Å². The van der Waals surface area contributed by atoms with E-state index < -0.39 is 0 Å². The Morgan fingerprint density at radius 2 is 1.60 bits per heavy atom. The monoisotopic (exact) mass is 400 g/mol. The van der Waals surface area contributed by atoms with Gasteiger partial charge in [-0.05, 0) is 64.6 Å². The van der Waals surface area contributed by atoms with Crippen LogP contribution in [0.3, 0.4) is 0 Å². The van der Waals surface area contributed by atoms with E-state index in [1.165, 1.54) is 5.56 Å². The summed E-state index contributed by atoms with van der Waals surface area (Å²) in [5.41, 5.74) is 5.01. The molecule has 0 unspecified atom stereocenters. The van der Waals surface area contributed by atoms with Crippen LogP contribution >= 0.6 is 0 Å². The summed E-state index contributed by atoms with van der Waals surface area (Å²) in [5, 5.41) is 11.6. The van der Waals surface area contributed by atoms with E-state index in [4.69, 9.17) is 9.15 Å². The van der Waals surface area contributed by atoms with Gasteiger partial charge in [0.05, 0.1) is 7.11 Å². The highest BCUT2D eigenvalue weighted by molar-refractivity contribution is 5.81. The molecule has 0 saturated heterocycles. The van der Waals surface area contributed by atoms with Crippen molar-refractivity contribution in [3.05, 3.63) is 72.6 Å². The van der Waals surface area contributed by atoms with Gasteiger partial charge < -0.3 is 14.5 Å². The molecule has 0 fully saturated rings. The normalized spacial score (nSPS) is 11.3. The molecule has 0 radical (unpaired) electrons. The van der Waals surface area contributed by atoms with Crippen molar-refractivity contribution in [1.29, 1.82) is 0 Å². The van der Waals surface area contributed by atoms with Crippen LogP contribution < -0.4 is 10.1 Å². The fourth-order valence-corrected chi connectivity index (χ4v) is 3.17. The second-order valence-electron chi connectivity index (χ2n) is 8.01. The number of methoxy groups -OCH3 is 1. The van der Waals surface area contributed by atoms with Gasteiger partial charge in [0, 0.05) is 23.6 Å². The number of rotatable bonds is 5. The zero-order valence-electron chi connectivity index (χ0n) is 17.5. The van der Waals surface area contributed by atoms with Gasteiger partial charge in [-0.3, -0.25) is 4.98 Å². The van der Waals surface area contributed by atoms with Crippen molar-refractivity contribution < 1.29 is 9.15 Å². The number of ether oxygens (including phenoxy) is 1. The molecule has 0 atom stereocenters. The van der Waals surface area contributed by atoms with Gasteiger partial charge in [0.1, 0.15) is 5.75 Å². The minimum atomic E-state index is 0.105. The molecule has 6 heteroatoms. The van der Waals surface area contributed by atoms with Crippen LogP contribution in [0.5, 0.6) is 5.75 Å². The average Bonchev–Trinajstić information content (AvgIpc) is 3.22. The number of pyridine rings is 1. The molecule has 0 aliphatic heterocycles. The standard InChI is InChI=1S/C24H24N4O2/c1-24(2,3)17-5-7-18(8-6-17)26-23-28-27-22(30-23)20-10-9-19(29-4)15-21(20)16-11-13-25-14-12-16/h5-15H,1-4H3,(H,26,28). The van der Waals surface area contributed by atoms with Gasteiger partial charge in [-0.15, -0.1) is 5.10 Å². The second-order valence-corrected chi connectivity index (χ2v) is 8.01. The van der Waals surface area contributed by atoms with Crippen LogP contribution in [-0.2, 0) is 5.41 Å². The van der Waals surface area contributed by atoms with Crippen molar-refractivity contribution in [3.8, 4) is 28.3 Å².